The monoisotopic (exact) mass is 373 g/mol. The van der Waals surface area contributed by atoms with Crippen molar-refractivity contribution in [3.63, 3.8) is 0 Å². The largest absolute Gasteiger partial charge is 0.459 e. The van der Waals surface area contributed by atoms with Gasteiger partial charge in [-0.05, 0) is 36.4 Å². The Labute approximate surface area is 155 Å². The molecule has 0 fully saturated rings. The summed E-state index contributed by atoms with van der Waals surface area (Å²) in [5.74, 6) is -1.61. The molecule has 3 amide bonds. The number of hydrogen-bond acceptors (Lipinski definition) is 6. The van der Waals surface area contributed by atoms with Gasteiger partial charge in [0.1, 0.15) is 0 Å². The first kappa shape index (κ1) is 19.7. The number of hydrogen-bond donors (Lipinski definition) is 3. The topological polar surface area (TPSA) is 127 Å². The van der Waals surface area contributed by atoms with Gasteiger partial charge in [-0.2, -0.15) is 0 Å². The van der Waals surface area contributed by atoms with Crippen LogP contribution in [0.3, 0.4) is 0 Å². The summed E-state index contributed by atoms with van der Waals surface area (Å²) in [4.78, 5) is 45.9. The van der Waals surface area contributed by atoms with E-state index in [1.165, 1.54) is 19.3 Å². The smallest absolute Gasteiger partial charge is 0.308 e. The molecular weight excluding hydrogens is 354 g/mol. The minimum absolute atomic E-state index is 0.0601. The number of ether oxygens (including phenoxy) is 1. The molecule has 142 valence electrons. The minimum atomic E-state index is -0.620. The van der Waals surface area contributed by atoms with Crippen LogP contribution in [0.15, 0.2) is 47.1 Å². The van der Waals surface area contributed by atoms with Crippen molar-refractivity contribution < 1.29 is 28.3 Å². The van der Waals surface area contributed by atoms with Crippen molar-refractivity contribution >= 4 is 35.1 Å². The van der Waals surface area contributed by atoms with E-state index in [-0.39, 0.29) is 24.6 Å². The zero-order valence-corrected chi connectivity index (χ0v) is 14.6. The Hall–Kier alpha value is -3.62. The number of carbonyl (C=O) groups excluding carboxylic acids is 4. The maximum Gasteiger partial charge on any atom is 0.308 e. The highest BCUT2D eigenvalue weighted by Crippen LogP contribution is 2.13. The maximum atomic E-state index is 11.8. The van der Waals surface area contributed by atoms with E-state index in [9.17, 15) is 19.2 Å². The SMILES string of the molecule is CC(=O)Nc1ccc(NC(=O)COC(=O)CCNC(=O)c2ccco2)cc1. The van der Waals surface area contributed by atoms with Gasteiger partial charge in [0, 0.05) is 24.8 Å². The number of furan rings is 1. The summed E-state index contributed by atoms with van der Waals surface area (Å²) in [7, 11) is 0. The molecular formula is C18H19N3O6. The fraction of sp³-hybridized carbons (Fsp3) is 0.222. The van der Waals surface area contributed by atoms with Crippen LogP contribution < -0.4 is 16.0 Å². The quantitative estimate of drug-likeness (QED) is 0.603. The summed E-state index contributed by atoms with van der Waals surface area (Å²) in [6, 6.07) is 9.55. The van der Waals surface area contributed by atoms with E-state index in [0.29, 0.717) is 11.4 Å². The lowest BCUT2D eigenvalue weighted by Gasteiger charge is -2.08. The van der Waals surface area contributed by atoms with E-state index in [1.54, 1.807) is 30.3 Å². The molecule has 1 aromatic heterocycles. The van der Waals surface area contributed by atoms with E-state index >= 15 is 0 Å². The molecule has 0 aliphatic rings. The zero-order chi connectivity index (χ0) is 19.6. The van der Waals surface area contributed by atoms with Crippen LogP contribution in [0.4, 0.5) is 11.4 Å². The van der Waals surface area contributed by atoms with Crippen molar-refractivity contribution in [1.29, 1.82) is 0 Å². The van der Waals surface area contributed by atoms with Gasteiger partial charge in [-0.1, -0.05) is 0 Å². The molecule has 1 aromatic carbocycles. The molecule has 9 heteroatoms. The summed E-state index contributed by atoms with van der Waals surface area (Å²) in [5.41, 5.74) is 1.10. The fourth-order valence-electron chi connectivity index (χ4n) is 2.03. The van der Waals surface area contributed by atoms with Crippen LogP contribution in [0.1, 0.15) is 23.9 Å². The summed E-state index contributed by atoms with van der Waals surface area (Å²) < 4.78 is 9.75. The normalized spacial score (nSPS) is 9.96. The van der Waals surface area contributed by atoms with Crippen molar-refractivity contribution in [1.82, 2.24) is 5.32 Å². The Balaban J connectivity index is 1.65. The molecule has 9 nitrogen and oxygen atoms in total. The second-order valence-electron chi connectivity index (χ2n) is 5.45. The van der Waals surface area contributed by atoms with E-state index in [2.05, 4.69) is 16.0 Å². The lowest BCUT2D eigenvalue weighted by Crippen LogP contribution is -2.27. The predicted molar refractivity (Wildman–Crippen MR) is 96.0 cm³/mol. The highest BCUT2D eigenvalue weighted by molar-refractivity contribution is 5.94. The molecule has 0 bridgehead atoms. The molecule has 0 aliphatic heterocycles. The summed E-state index contributed by atoms with van der Waals surface area (Å²) >= 11 is 0. The van der Waals surface area contributed by atoms with Gasteiger partial charge in [-0.15, -0.1) is 0 Å². The molecule has 27 heavy (non-hydrogen) atoms. The maximum absolute atomic E-state index is 11.8. The van der Waals surface area contributed by atoms with Crippen LogP contribution in [-0.4, -0.2) is 36.8 Å². The summed E-state index contributed by atoms with van der Waals surface area (Å²) in [6.45, 7) is 1.01. The van der Waals surface area contributed by atoms with Gasteiger partial charge in [0.15, 0.2) is 12.4 Å². The number of amides is 3. The van der Waals surface area contributed by atoms with Crippen LogP contribution in [0.2, 0.25) is 0 Å². The fourth-order valence-corrected chi connectivity index (χ4v) is 2.03. The average molecular weight is 373 g/mol. The average Bonchev–Trinajstić information content (AvgIpc) is 3.16. The third kappa shape index (κ3) is 7.02. The standard InChI is InChI=1S/C18H19N3O6/c1-12(22)20-13-4-6-14(7-5-13)21-16(23)11-27-17(24)8-9-19-18(25)15-3-2-10-26-15/h2-7,10H,8-9,11H2,1H3,(H,19,25)(H,20,22)(H,21,23). The lowest BCUT2D eigenvalue weighted by atomic mass is 10.2. The molecule has 0 saturated heterocycles. The lowest BCUT2D eigenvalue weighted by molar-refractivity contribution is -0.147. The second kappa shape index (κ2) is 9.76. The molecule has 2 rings (SSSR count). The molecule has 1 heterocycles. The van der Waals surface area contributed by atoms with Crippen molar-refractivity contribution in [3.05, 3.63) is 48.4 Å². The molecule has 0 aliphatic carbocycles. The Bertz CT molecular complexity index is 799. The predicted octanol–water partition coefficient (Wildman–Crippen LogP) is 1.54. The van der Waals surface area contributed by atoms with Gasteiger partial charge in [-0.3, -0.25) is 19.2 Å². The number of anilines is 2. The van der Waals surface area contributed by atoms with Gasteiger partial charge in [0.05, 0.1) is 12.7 Å². The minimum Gasteiger partial charge on any atom is -0.459 e. The first-order chi connectivity index (χ1) is 12.9. The van der Waals surface area contributed by atoms with Gasteiger partial charge >= 0.3 is 5.97 Å². The molecule has 0 spiro atoms. The molecule has 0 unspecified atom stereocenters. The van der Waals surface area contributed by atoms with Crippen LogP contribution in [0.25, 0.3) is 0 Å². The van der Waals surface area contributed by atoms with E-state index < -0.39 is 24.4 Å². The van der Waals surface area contributed by atoms with Gasteiger partial charge in [0.25, 0.3) is 11.8 Å². The summed E-state index contributed by atoms with van der Waals surface area (Å²) in [6.07, 6.45) is 1.29. The Morgan fingerprint density at radius 2 is 1.67 bits per heavy atom. The molecule has 0 atom stereocenters. The second-order valence-corrected chi connectivity index (χ2v) is 5.45. The third-order valence-electron chi connectivity index (χ3n) is 3.21. The van der Waals surface area contributed by atoms with Crippen LogP contribution in [-0.2, 0) is 19.1 Å². The molecule has 3 N–H and O–H groups in total. The van der Waals surface area contributed by atoms with E-state index in [4.69, 9.17) is 9.15 Å². The number of rotatable bonds is 8. The number of esters is 1. The Morgan fingerprint density at radius 1 is 1.00 bits per heavy atom. The van der Waals surface area contributed by atoms with Crippen molar-refractivity contribution in [2.75, 3.05) is 23.8 Å². The van der Waals surface area contributed by atoms with Crippen molar-refractivity contribution in [3.8, 4) is 0 Å². The van der Waals surface area contributed by atoms with Gasteiger partial charge in [-0.25, -0.2) is 0 Å². The van der Waals surface area contributed by atoms with Gasteiger partial charge in [0.2, 0.25) is 5.91 Å². The molecule has 2 aromatic rings. The van der Waals surface area contributed by atoms with E-state index in [0.717, 1.165) is 0 Å². The van der Waals surface area contributed by atoms with E-state index in [1.807, 2.05) is 0 Å². The summed E-state index contributed by atoms with van der Waals surface area (Å²) in [5, 5.41) is 7.66. The van der Waals surface area contributed by atoms with Gasteiger partial charge < -0.3 is 25.1 Å². The van der Waals surface area contributed by atoms with Crippen LogP contribution in [0, 0.1) is 0 Å². The number of benzene rings is 1. The van der Waals surface area contributed by atoms with Crippen LogP contribution in [0.5, 0.6) is 0 Å². The Kier molecular flexibility index (Phi) is 7.12. The zero-order valence-electron chi connectivity index (χ0n) is 14.6. The van der Waals surface area contributed by atoms with Crippen LogP contribution >= 0.6 is 0 Å². The number of carbonyl (C=O) groups is 4. The molecule has 0 radical (unpaired) electrons. The third-order valence-corrected chi connectivity index (χ3v) is 3.21. The van der Waals surface area contributed by atoms with Crippen molar-refractivity contribution in [2.45, 2.75) is 13.3 Å². The highest BCUT2D eigenvalue weighted by atomic mass is 16.5. The Morgan fingerprint density at radius 3 is 2.26 bits per heavy atom. The number of nitrogens with one attached hydrogen (secondary N) is 3. The molecule has 0 saturated carbocycles. The highest BCUT2D eigenvalue weighted by Gasteiger charge is 2.11. The first-order valence-corrected chi connectivity index (χ1v) is 8.09. The first-order valence-electron chi connectivity index (χ1n) is 8.09. The van der Waals surface area contributed by atoms with Crippen molar-refractivity contribution in [2.24, 2.45) is 0 Å².